The summed E-state index contributed by atoms with van der Waals surface area (Å²) < 4.78 is 28.1. The van der Waals surface area contributed by atoms with Crippen molar-refractivity contribution in [2.45, 2.75) is 63.1 Å². The summed E-state index contributed by atoms with van der Waals surface area (Å²) in [7, 11) is -3.29. The van der Waals surface area contributed by atoms with Crippen molar-refractivity contribution in [1.82, 2.24) is 14.9 Å². The summed E-state index contributed by atoms with van der Waals surface area (Å²) in [4.78, 5) is 24.4. The second-order valence-electron chi connectivity index (χ2n) is 9.44. The molecule has 4 heterocycles. The topological polar surface area (TPSA) is 108 Å². The molecule has 2 unspecified atom stereocenters. The molecule has 3 saturated heterocycles. The summed E-state index contributed by atoms with van der Waals surface area (Å²) in [6.07, 6.45) is 5.36. The lowest BCUT2D eigenvalue weighted by molar-refractivity contribution is -0.115. The van der Waals surface area contributed by atoms with Crippen LogP contribution in [0.5, 0.6) is 0 Å². The van der Waals surface area contributed by atoms with E-state index in [0.29, 0.717) is 24.8 Å². The fourth-order valence-corrected chi connectivity index (χ4v) is 8.14. The summed E-state index contributed by atoms with van der Waals surface area (Å²) in [5, 5.41) is 9.20. The Morgan fingerprint density at radius 3 is 2.65 bits per heavy atom. The van der Waals surface area contributed by atoms with E-state index in [-0.39, 0.29) is 41.6 Å². The second kappa shape index (κ2) is 8.18. The average molecular weight is 447 g/mol. The van der Waals surface area contributed by atoms with Gasteiger partial charge in [0.25, 0.3) is 5.91 Å². The van der Waals surface area contributed by atoms with Crippen molar-refractivity contribution >= 4 is 27.5 Å². The van der Waals surface area contributed by atoms with Gasteiger partial charge in [-0.3, -0.25) is 9.59 Å². The lowest BCUT2D eigenvalue weighted by atomic mass is 9.99. The first-order chi connectivity index (χ1) is 14.9. The minimum absolute atomic E-state index is 0.0209. The third-order valence-corrected chi connectivity index (χ3v) is 9.29. The third-order valence-electron chi connectivity index (χ3n) is 7.16. The highest BCUT2D eigenvalue weighted by Gasteiger charge is 2.47. The number of carbonyl (C=O) groups excluding carboxylic acids is 2. The van der Waals surface area contributed by atoms with Crippen LogP contribution in [-0.2, 0) is 21.2 Å². The second-order valence-corrected chi connectivity index (χ2v) is 11.4. The number of nitrogens with one attached hydrogen (secondary N) is 3. The predicted octanol–water partition coefficient (Wildman–Crippen LogP) is 1.24. The molecule has 168 valence electrons. The molecule has 31 heavy (non-hydrogen) atoms. The molecular weight excluding hydrogens is 416 g/mol. The van der Waals surface area contributed by atoms with Crippen LogP contribution >= 0.6 is 0 Å². The molecule has 0 aliphatic carbocycles. The van der Waals surface area contributed by atoms with E-state index < -0.39 is 10.0 Å². The van der Waals surface area contributed by atoms with Crippen molar-refractivity contribution in [3.8, 4) is 0 Å². The SMILES string of the molecule is O=C1Cc2cc(C(=O)NC3C[C@H]4CC[C@@H](C3)N4S(=O)(=O)CC3CCCNC3)ccc2N1. The number of nitrogens with zero attached hydrogens (tertiary/aromatic N) is 1. The molecule has 0 saturated carbocycles. The molecule has 4 atom stereocenters. The smallest absolute Gasteiger partial charge is 0.251 e. The first-order valence-electron chi connectivity index (χ1n) is 11.3. The van der Waals surface area contributed by atoms with Crippen LogP contribution in [0.3, 0.4) is 0 Å². The zero-order chi connectivity index (χ0) is 21.6. The Morgan fingerprint density at radius 1 is 1.16 bits per heavy atom. The quantitative estimate of drug-likeness (QED) is 0.631. The number of rotatable bonds is 5. The van der Waals surface area contributed by atoms with Gasteiger partial charge in [0.1, 0.15) is 0 Å². The standard InChI is InChI=1S/C22H30N4O4S/c27-21-9-16-8-15(3-6-20(16)25-21)22(28)24-17-10-18-4-5-19(11-17)26(18)31(29,30)13-14-2-1-7-23-12-14/h3,6,8,14,17-19,23H,1-2,4-5,7,9-13H2,(H,24,28)(H,25,27)/t14?,17?,18-,19+. The maximum Gasteiger partial charge on any atom is 0.251 e. The van der Waals surface area contributed by atoms with Gasteiger partial charge in [0, 0.05) is 29.4 Å². The average Bonchev–Trinajstić information content (AvgIpc) is 3.24. The minimum Gasteiger partial charge on any atom is -0.349 e. The number of carbonyl (C=O) groups is 2. The van der Waals surface area contributed by atoms with E-state index in [9.17, 15) is 18.0 Å². The molecule has 2 amide bonds. The van der Waals surface area contributed by atoms with Crippen molar-refractivity contribution < 1.29 is 18.0 Å². The van der Waals surface area contributed by atoms with E-state index in [1.54, 1.807) is 22.5 Å². The molecule has 9 heteroatoms. The Morgan fingerprint density at radius 2 is 1.94 bits per heavy atom. The summed E-state index contributed by atoms with van der Waals surface area (Å²) in [5.74, 6) is 0.209. The van der Waals surface area contributed by atoms with Crippen molar-refractivity contribution in [2.24, 2.45) is 5.92 Å². The summed E-state index contributed by atoms with van der Waals surface area (Å²) in [6, 6.07) is 5.20. The molecule has 0 radical (unpaired) electrons. The molecule has 2 bridgehead atoms. The van der Waals surface area contributed by atoms with Crippen LogP contribution in [-0.4, -0.2) is 61.5 Å². The Labute approximate surface area is 183 Å². The van der Waals surface area contributed by atoms with E-state index in [2.05, 4.69) is 16.0 Å². The Bertz CT molecular complexity index is 975. The van der Waals surface area contributed by atoms with E-state index in [1.165, 1.54) is 0 Å². The first kappa shape index (κ1) is 20.9. The monoisotopic (exact) mass is 446 g/mol. The van der Waals surface area contributed by atoms with Gasteiger partial charge in [-0.05, 0) is 81.3 Å². The number of hydrogen-bond donors (Lipinski definition) is 3. The van der Waals surface area contributed by atoms with Crippen LogP contribution in [0.1, 0.15) is 54.4 Å². The Balaban J connectivity index is 1.22. The van der Waals surface area contributed by atoms with Crippen LogP contribution in [0.4, 0.5) is 5.69 Å². The molecule has 0 aromatic heterocycles. The van der Waals surface area contributed by atoms with Crippen molar-refractivity contribution in [2.75, 3.05) is 24.2 Å². The Kier molecular flexibility index (Phi) is 5.52. The predicted molar refractivity (Wildman–Crippen MR) is 117 cm³/mol. The molecule has 4 aliphatic heterocycles. The molecule has 1 aromatic rings. The fraction of sp³-hybridized carbons (Fsp3) is 0.636. The summed E-state index contributed by atoms with van der Waals surface area (Å²) in [5.41, 5.74) is 2.16. The fourth-order valence-electron chi connectivity index (χ4n) is 5.80. The van der Waals surface area contributed by atoms with E-state index >= 15 is 0 Å². The molecule has 8 nitrogen and oxygen atoms in total. The van der Waals surface area contributed by atoms with Gasteiger partial charge < -0.3 is 16.0 Å². The summed E-state index contributed by atoms with van der Waals surface area (Å²) in [6.45, 7) is 1.76. The highest BCUT2D eigenvalue weighted by Crippen LogP contribution is 2.39. The van der Waals surface area contributed by atoms with Crippen molar-refractivity contribution in [1.29, 1.82) is 0 Å². The Hall–Kier alpha value is -1.97. The van der Waals surface area contributed by atoms with Crippen LogP contribution in [0.15, 0.2) is 18.2 Å². The van der Waals surface area contributed by atoms with Crippen molar-refractivity contribution in [3.63, 3.8) is 0 Å². The van der Waals surface area contributed by atoms with Gasteiger partial charge in [-0.2, -0.15) is 4.31 Å². The minimum atomic E-state index is -3.29. The zero-order valence-electron chi connectivity index (χ0n) is 17.6. The lowest BCUT2D eigenvalue weighted by Crippen LogP contribution is -2.53. The van der Waals surface area contributed by atoms with Gasteiger partial charge >= 0.3 is 0 Å². The van der Waals surface area contributed by atoms with Gasteiger partial charge in [-0.25, -0.2) is 8.42 Å². The largest absolute Gasteiger partial charge is 0.349 e. The number of piperidine rings is 2. The molecule has 3 N–H and O–H groups in total. The first-order valence-corrected chi connectivity index (χ1v) is 13.0. The van der Waals surface area contributed by atoms with Crippen LogP contribution in [0.2, 0.25) is 0 Å². The van der Waals surface area contributed by atoms with Crippen LogP contribution in [0.25, 0.3) is 0 Å². The molecule has 3 fully saturated rings. The molecule has 5 rings (SSSR count). The van der Waals surface area contributed by atoms with E-state index in [4.69, 9.17) is 0 Å². The number of fused-ring (bicyclic) bond motifs is 3. The lowest BCUT2D eigenvalue weighted by Gasteiger charge is -2.39. The third kappa shape index (κ3) is 4.23. The number of sulfonamides is 1. The number of amides is 2. The van der Waals surface area contributed by atoms with Crippen LogP contribution < -0.4 is 16.0 Å². The highest BCUT2D eigenvalue weighted by molar-refractivity contribution is 7.89. The van der Waals surface area contributed by atoms with E-state index in [0.717, 1.165) is 50.0 Å². The zero-order valence-corrected chi connectivity index (χ0v) is 18.4. The van der Waals surface area contributed by atoms with Gasteiger partial charge in [-0.1, -0.05) is 0 Å². The molecule has 1 aromatic carbocycles. The normalized spacial score (nSPS) is 30.6. The van der Waals surface area contributed by atoms with Gasteiger partial charge in [0.05, 0.1) is 12.2 Å². The number of hydrogen-bond acceptors (Lipinski definition) is 5. The maximum atomic E-state index is 13.2. The number of anilines is 1. The molecular formula is C22H30N4O4S. The van der Waals surface area contributed by atoms with E-state index in [1.807, 2.05) is 0 Å². The van der Waals surface area contributed by atoms with Gasteiger partial charge in [-0.15, -0.1) is 0 Å². The van der Waals surface area contributed by atoms with Gasteiger partial charge in [0.15, 0.2) is 0 Å². The van der Waals surface area contributed by atoms with Crippen LogP contribution in [0, 0.1) is 5.92 Å². The van der Waals surface area contributed by atoms with Gasteiger partial charge in [0.2, 0.25) is 15.9 Å². The van der Waals surface area contributed by atoms with Crippen molar-refractivity contribution in [3.05, 3.63) is 29.3 Å². The highest BCUT2D eigenvalue weighted by atomic mass is 32.2. The molecule has 0 spiro atoms. The number of benzene rings is 1. The maximum absolute atomic E-state index is 13.2. The molecule has 4 aliphatic rings. The summed E-state index contributed by atoms with van der Waals surface area (Å²) >= 11 is 0.